The Morgan fingerprint density at radius 3 is 2.37 bits per heavy atom. The van der Waals surface area contributed by atoms with Crippen molar-refractivity contribution in [3.8, 4) is 5.75 Å². The number of aromatic nitrogens is 1. The first kappa shape index (κ1) is 26.2. The van der Waals surface area contributed by atoms with Gasteiger partial charge in [0.2, 0.25) is 0 Å². The van der Waals surface area contributed by atoms with Gasteiger partial charge in [0.1, 0.15) is 12.0 Å². The predicted molar refractivity (Wildman–Crippen MR) is 139 cm³/mol. The van der Waals surface area contributed by atoms with Crippen molar-refractivity contribution >= 4 is 12.0 Å². The molecular weight excluding hydrogens is 493 g/mol. The first-order valence-corrected chi connectivity index (χ1v) is 12.8. The average molecular weight is 525 g/mol. The first-order chi connectivity index (χ1) is 18.3. The van der Waals surface area contributed by atoms with Gasteiger partial charge in [-0.1, -0.05) is 12.1 Å². The number of alkyl halides is 3. The van der Waals surface area contributed by atoms with E-state index in [4.69, 9.17) is 0 Å². The highest BCUT2D eigenvalue weighted by molar-refractivity contribution is 5.68. The van der Waals surface area contributed by atoms with Crippen LogP contribution in [0.25, 0.3) is 0 Å². The minimum Gasteiger partial charge on any atom is -0.406 e. The molecule has 1 atom stereocenters. The Morgan fingerprint density at radius 1 is 1.00 bits per heavy atom. The quantitative estimate of drug-likeness (QED) is 0.391. The van der Waals surface area contributed by atoms with Gasteiger partial charge in [0.15, 0.2) is 0 Å². The predicted octanol–water partition coefficient (Wildman–Crippen LogP) is 4.91. The number of ether oxygens (including phenoxy) is 1. The summed E-state index contributed by atoms with van der Waals surface area (Å²) in [6, 6.07) is 14.0. The zero-order valence-electron chi connectivity index (χ0n) is 21.3. The molecule has 3 heterocycles. The molecule has 200 valence electrons. The minimum absolute atomic E-state index is 0.254. The van der Waals surface area contributed by atoms with Gasteiger partial charge in [-0.2, -0.15) is 0 Å². The van der Waals surface area contributed by atoms with E-state index in [0.29, 0.717) is 13.1 Å². The second-order valence-electron chi connectivity index (χ2n) is 9.95. The fraction of sp³-hybridized carbons (Fsp3) is 0.379. The van der Waals surface area contributed by atoms with Gasteiger partial charge < -0.3 is 14.4 Å². The largest absolute Gasteiger partial charge is 0.573 e. The lowest BCUT2D eigenvalue weighted by atomic mass is 9.98. The molecule has 38 heavy (non-hydrogen) atoms. The topological polar surface area (TPSA) is 48.9 Å². The van der Waals surface area contributed by atoms with Crippen LogP contribution >= 0.6 is 0 Å². The number of hydrogen-bond acceptors (Lipinski definition) is 6. The number of hydrogen-bond donors (Lipinski definition) is 0. The van der Waals surface area contributed by atoms with Crippen LogP contribution in [0, 0.1) is 6.92 Å². The van der Waals surface area contributed by atoms with Crippen molar-refractivity contribution in [1.29, 1.82) is 0 Å². The van der Waals surface area contributed by atoms with E-state index < -0.39 is 6.36 Å². The Morgan fingerprint density at radius 2 is 1.71 bits per heavy atom. The summed E-state index contributed by atoms with van der Waals surface area (Å²) < 4.78 is 41.4. The summed E-state index contributed by atoms with van der Waals surface area (Å²) >= 11 is 0. The van der Waals surface area contributed by atoms with Crippen LogP contribution in [0.2, 0.25) is 0 Å². The molecule has 0 saturated carbocycles. The van der Waals surface area contributed by atoms with Gasteiger partial charge in [-0.15, -0.1) is 13.2 Å². The van der Waals surface area contributed by atoms with Crippen LogP contribution in [0.4, 0.5) is 18.9 Å². The van der Waals surface area contributed by atoms with Crippen molar-refractivity contribution in [3.63, 3.8) is 0 Å². The Labute approximate surface area is 220 Å². The third-order valence-corrected chi connectivity index (χ3v) is 7.39. The number of nitrogens with zero attached hydrogens (tertiary/aromatic N) is 4. The van der Waals surface area contributed by atoms with Crippen LogP contribution in [0.1, 0.15) is 33.9 Å². The number of carbonyl (C=O) groups excluding carboxylic acids is 1. The molecule has 9 heteroatoms. The zero-order chi connectivity index (χ0) is 26.7. The highest BCUT2D eigenvalue weighted by Gasteiger charge is 2.33. The van der Waals surface area contributed by atoms with Crippen LogP contribution in [0.15, 0.2) is 60.9 Å². The van der Waals surface area contributed by atoms with E-state index in [1.165, 1.54) is 23.4 Å². The lowest BCUT2D eigenvalue weighted by Crippen LogP contribution is -2.47. The normalized spacial score (nSPS) is 18.4. The summed E-state index contributed by atoms with van der Waals surface area (Å²) in [5, 5.41) is 0. The molecule has 0 amide bonds. The average Bonchev–Trinajstić information content (AvgIpc) is 3.26. The molecule has 0 spiro atoms. The number of fused-ring (bicyclic) bond motifs is 1. The van der Waals surface area contributed by atoms with E-state index in [0.717, 1.165) is 67.7 Å². The highest BCUT2D eigenvalue weighted by Crippen LogP contribution is 2.38. The molecule has 2 aliphatic rings. The van der Waals surface area contributed by atoms with Gasteiger partial charge in [-0.05, 0) is 77.6 Å². The van der Waals surface area contributed by atoms with Crippen molar-refractivity contribution in [3.05, 3.63) is 88.7 Å². The zero-order valence-corrected chi connectivity index (χ0v) is 21.3. The lowest BCUT2D eigenvalue weighted by Gasteiger charge is -2.36. The molecule has 1 saturated heterocycles. The lowest BCUT2D eigenvalue weighted by molar-refractivity contribution is -0.274. The van der Waals surface area contributed by atoms with E-state index in [-0.39, 0.29) is 11.8 Å². The first-order valence-electron chi connectivity index (χ1n) is 12.8. The van der Waals surface area contributed by atoms with Crippen LogP contribution in [0.5, 0.6) is 5.75 Å². The standard InChI is InChI=1S/C29H31F3N4O2/c1-21-16-25(35-14-12-34(13-15-35)11-8-22-6-9-33-10-7-22)17-24-19-36(27(20-37)28(21)24)18-23-2-4-26(5-3-23)38-29(30,31)32/h2-7,9-10,16-17,20,27H,8,11-15,18-19H2,1H3. The number of pyridine rings is 1. The number of rotatable bonds is 8. The van der Waals surface area contributed by atoms with Crippen molar-refractivity contribution in [1.82, 2.24) is 14.8 Å². The Balaban J connectivity index is 1.22. The van der Waals surface area contributed by atoms with E-state index in [1.807, 2.05) is 12.4 Å². The van der Waals surface area contributed by atoms with Crippen LogP contribution in [-0.2, 0) is 24.3 Å². The molecule has 2 aliphatic heterocycles. The Bertz CT molecular complexity index is 1240. The van der Waals surface area contributed by atoms with E-state index in [1.54, 1.807) is 12.1 Å². The maximum absolute atomic E-state index is 12.5. The summed E-state index contributed by atoms with van der Waals surface area (Å²) in [5.41, 5.74) is 6.56. The van der Waals surface area contributed by atoms with E-state index >= 15 is 0 Å². The summed E-state index contributed by atoms with van der Waals surface area (Å²) in [5.74, 6) is -0.254. The monoisotopic (exact) mass is 524 g/mol. The maximum atomic E-state index is 12.5. The molecule has 1 aromatic heterocycles. The molecule has 1 unspecified atom stereocenters. The number of halogens is 3. The SMILES string of the molecule is Cc1cc(N2CCN(CCc3ccncc3)CC2)cc2c1C(C=O)N(Cc1ccc(OC(F)(F)F)cc1)C2. The van der Waals surface area contributed by atoms with Gasteiger partial charge >= 0.3 is 6.36 Å². The van der Waals surface area contributed by atoms with Crippen molar-refractivity contribution < 1.29 is 22.7 Å². The van der Waals surface area contributed by atoms with E-state index in [9.17, 15) is 18.0 Å². The summed E-state index contributed by atoms with van der Waals surface area (Å²) in [4.78, 5) is 23.2. The van der Waals surface area contributed by atoms with Gasteiger partial charge in [-0.3, -0.25) is 14.8 Å². The number of benzene rings is 2. The van der Waals surface area contributed by atoms with Crippen LogP contribution in [0.3, 0.4) is 0 Å². The molecule has 1 fully saturated rings. The minimum atomic E-state index is -4.72. The molecule has 2 aromatic carbocycles. The second kappa shape index (κ2) is 11.1. The number of aldehydes is 1. The summed E-state index contributed by atoms with van der Waals surface area (Å²) in [6.07, 6.45) is 0.928. The third kappa shape index (κ3) is 6.16. The van der Waals surface area contributed by atoms with Gasteiger partial charge in [0.25, 0.3) is 0 Å². The van der Waals surface area contributed by atoms with Crippen molar-refractivity contribution in [2.45, 2.75) is 38.8 Å². The number of aryl methyl sites for hydroxylation is 1. The molecular formula is C29H31F3N4O2. The number of carbonyl (C=O) groups is 1. The van der Waals surface area contributed by atoms with Crippen molar-refractivity contribution in [2.75, 3.05) is 37.6 Å². The fourth-order valence-corrected chi connectivity index (χ4v) is 5.49. The Hall–Kier alpha value is -3.43. The number of anilines is 1. The maximum Gasteiger partial charge on any atom is 0.573 e. The number of piperazine rings is 1. The van der Waals surface area contributed by atoms with Crippen LogP contribution in [-0.4, -0.2) is 60.2 Å². The highest BCUT2D eigenvalue weighted by atomic mass is 19.4. The molecule has 0 bridgehead atoms. The smallest absolute Gasteiger partial charge is 0.406 e. The summed E-state index contributed by atoms with van der Waals surface area (Å²) in [6.45, 7) is 8.03. The molecule has 6 nitrogen and oxygen atoms in total. The summed E-state index contributed by atoms with van der Waals surface area (Å²) in [7, 11) is 0. The Kier molecular flexibility index (Phi) is 7.67. The van der Waals surface area contributed by atoms with Gasteiger partial charge in [-0.25, -0.2) is 0 Å². The third-order valence-electron chi connectivity index (χ3n) is 7.39. The molecule has 0 aliphatic carbocycles. The molecule has 3 aromatic rings. The van der Waals surface area contributed by atoms with Crippen LogP contribution < -0.4 is 9.64 Å². The second-order valence-corrected chi connectivity index (χ2v) is 9.95. The van der Waals surface area contributed by atoms with Gasteiger partial charge in [0.05, 0.1) is 6.04 Å². The molecule has 0 N–H and O–H groups in total. The molecule has 0 radical (unpaired) electrons. The van der Waals surface area contributed by atoms with Gasteiger partial charge in [0, 0.05) is 63.9 Å². The molecule has 5 rings (SSSR count). The van der Waals surface area contributed by atoms with E-state index in [2.05, 4.69) is 55.6 Å². The van der Waals surface area contributed by atoms with Crippen molar-refractivity contribution in [2.24, 2.45) is 0 Å². The fourth-order valence-electron chi connectivity index (χ4n) is 5.49.